The van der Waals surface area contributed by atoms with Gasteiger partial charge in [0, 0.05) is 30.0 Å². The first-order valence-electron chi connectivity index (χ1n) is 8.92. The zero-order valence-corrected chi connectivity index (χ0v) is 14.9. The summed E-state index contributed by atoms with van der Waals surface area (Å²) in [5.74, 6) is 1.61. The second-order valence-electron chi connectivity index (χ2n) is 7.61. The monoisotopic (exact) mass is 339 g/mol. The van der Waals surface area contributed by atoms with Gasteiger partial charge in [0.25, 0.3) is 0 Å². The van der Waals surface area contributed by atoms with Gasteiger partial charge in [0.1, 0.15) is 12.4 Å². The van der Waals surface area contributed by atoms with Crippen molar-refractivity contribution in [1.29, 1.82) is 0 Å². The van der Waals surface area contributed by atoms with Gasteiger partial charge in [-0.05, 0) is 44.7 Å². The van der Waals surface area contributed by atoms with Crippen LogP contribution in [0.2, 0.25) is 0 Å². The van der Waals surface area contributed by atoms with E-state index in [0.717, 1.165) is 34.8 Å². The van der Waals surface area contributed by atoms with Crippen molar-refractivity contribution in [2.75, 3.05) is 6.61 Å². The molecule has 5 heteroatoms. The Morgan fingerprint density at radius 2 is 2.16 bits per heavy atom. The average Bonchev–Trinajstić information content (AvgIpc) is 3.11. The third kappa shape index (κ3) is 3.16. The summed E-state index contributed by atoms with van der Waals surface area (Å²) in [7, 11) is 0. The Morgan fingerprint density at radius 1 is 1.32 bits per heavy atom. The van der Waals surface area contributed by atoms with Crippen molar-refractivity contribution >= 4 is 10.9 Å². The molecule has 0 amide bonds. The number of nitrogens with zero attached hydrogens (tertiary/aromatic N) is 3. The zero-order valence-electron chi connectivity index (χ0n) is 14.9. The highest BCUT2D eigenvalue weighted by molar-refractivity contribution is 5.87. The summed E-state index contributed by atoms with van der Waals surface area (Å²) >= 11 is 0. The Hall–Kier alpha value is -2.27. The van der Waals surface area contributed by atoms with E-state index in [-0.39, 0.29) is 12.1 Å². The number of aliphatic hydroxyl groups excluding tert-OH is 1. The van der Waals surface area contributed by atoms with Gasteiger partial charge in [0.15, 0.2) is 0 Å². The van der Waals surface area contributed by atoms with E-state index in [1.165, 1.54) is 12.8 Å². The molecule has 1 aliphatic rings. The molecule has 0 aliphatic heterocycles. The maximum atomic E-state index is 9.76. The third-order valence-corrected chi connectivity index (χ3v) is 5.05. The number of para-hydroxylation sites is 1. The molecule has 2 aromatic heterocycles. The van der Waals surface area contributed by atoms with Gasteiger partial charge < -0.3 is 19.0 Å². The van der Waals surface area contributed by atoms with Crippen LogP contribution in [-0.4, -0.2) is 25.8 Å². The summed E-state index contributed by atoms with van der Waals surface area (Å²) in [5.41, 5.74) is 1.87. The SMILES string of the molecule is CC(C)(COc1cccc2cc(CO)n(CC3CC3)c12)n1ccnc1. The Bertz CT molecular complexity index is 861. The summed E-state index contributed by atoms with van der Waals surface area (Å²) in [4.78, 5) is 4.14. The summed E-state index contributed by atoms with van der Waals surface area (Å²) in [6.07, 6.45) is 8.13. The fourth-order valence-corrected chi connectivity index (χ4v) is 3.31. The van der Waals surface area contributed by atoms with Crippen molar-refractivity contribution in [3.8, 4) is 5.75 Å². The molecule has 0 unspecified atom stereocenters. The van der Waals surface area contributed by atoms with E-state index in [1.54, 1.807) is 6.20 Å². The van der Waals surface area contributed by atoms with E-state index in [9.17, 15) is 5.11 Å². The van der Waals surface area contributed by atoms with Crippen LogP contribution in [0.25, 0.3) is 10.9 Å². The number of imidazole rings is 1. The van der Waals surface area contributed by atoms with E-state index in [0.29, 0.717) is 6.61 Å². The number of benzene rings is 1. The van der Waals surface area contributed by atoms with Crippen molar-refractivity contribution < 1.29 is 9.84 Å². The molecule has 1 N–H and O–H groups in total. The number of rotatable bonds is 7. The predicted molar refractivity (Wildman–Crippen MR) is 97.6 cm³/mol. The van der Waals surface area contributed by atoms with Crippen molar-refractivity contribution in [2.45, 2.75) is 45.4 Å². The molecule has 0 radical (unpaired) electrons. The molecule has 5 nitrogen and oxygen atoms in total. The summed E-state index contributed by atoms with van der Waals surface area (Å²) in [6.45, 7) is 5.84. The molecule has 132 valence electrons. The van der Waals surface area contributed by atoms with E-state index < -0.39 is 0 Å². The van der Waals surface area contributed by atoms with Crippen molar-refractivity contribution in [2.24, 2.45) is 5.92 Å². The van der Waals surface area contributed by atoms with E-state index in [4.69, 9.17) is 4.74 Å². The molecule has 1 aliphatic carbocycles. The Kier molecular flexibility index (Phi) is 4.04. The fraction of sp³-hybridized carbons (Fsp3) is 0.450. The smallest absolute Gasteiger partial charge is 0.143 e. The van der Waals surface area contributed by atoms with Crippen LogP contribution in [0.4, 0.5) is 0 Å². The number of ether oxygens (including phenoxy) is 1. The Morgan fingerprint density at radius 3 is 2.84 bits per heavy atom. The van der Waals surface area contributed by atoms with Crippen molar-refractivity contribution in [3.05, 3.63) is 48.7 Å². The zero-order chi connectivity index (χ0) is 17.4. The minimum atomic E-state index is -0.188. The van der Waals surface area contributed by atoms with Crippen LogP contribution in [-0.2, 0) is 18.7 Å². The first-order chi connectivity index (χ1) is 12.1. The summed E-state index contributed by atoms with van der Waals surface area (Å²) in [6, 6.07) is 8.21. The topological polar surface area (TPSA) is 52.2 Å². The quantitative estimate of drug-likeness (QED) is 0.716. The van der Waals surface area contributed by atoms with Crippen LogP contribution < -0.4 is 4.74 Å². The second kappa shape index (κ2) is 6.23. The highest BCUT2D eigenvalue weighted by Crippen LogP contribution is 2.36. The van der Waals surface area contributed by atoms with Gasteiger partial charge in [-0.1, -0.05) is 12.1 Å². The number of aromatic nitrogens is 3. The van der Waals surface area contributed by atoms with Crippen LogP contribution >= 0.6 is 0 Å². The Labute approximate surface area is 147 Å². The lowest BCUT2D eigenvalue weighted by Crippen LogP contribution is -2.32. The molecule has 0 saturated heterocycles. The van der Waals surface area contributed by atoms with Crippen LogP contribution in [0.15, 0.2) is 43.0 Å². The van der Waals surface area contributed by atoms with Crippen molar-refractivity contribution in [3.63, 3.8) is 0 Å². The second-order valence-corrected chi connectivity index (χ2v) is 7.61. The minimum absolute atomic E-state index is 0.0569. The van der Waals surface area contributed by atoms with Gasteiger partial charge in [0.2, 0.25) is 0 Å². The van der Waals surface area contributed by atoms with Gasteiger partial charge in [-0.2, -0.15) is 0 Å². The molecular weight excluding hydrogens is 314 g/mol. The van der Waals surface area contributed by atoms with Gasteiger partial charge >= 0.3 is 0 Å². The molecule has 1 saturated carbocycles. The first kappa shape index (κ1) is 16.2. The lowest BCUT2D eigenvalue weighted by molar-refractivity contribution is 0.184. The number of fused-ring (bicyclic) bond motifs is 1. The summed E-state index contributed by atoms with van der Waals surface area (Å²) in [5, 5.41) is 10.9. The lowest BCUT2D eigenvalue weighted by atomic mass is 10.1. The molecule has 1 aromatic carbocycles. The van der Waals surface area contributed by atoms with Crippen molar-refractivity contribution in [1.82, 2.24) is 14.1 Å². The van der Waals surface area contributed by atoms with E-state index >= 15 is 0 Å². The normalized spacial score (nSPS) is 15.0. The average molecular weight is 339 g/mol. The number of hydrogen-bond acceptors (Lipinski definition) is 3. The van der Waals surface area contributed by atoms with Gasteiger partial charge in [-0.25, -0.2) is 4.98 Å². The fourth-order valence-electron chi connectivity index (χ4n) is 3.31. The summed E-state index contributed by atoms with van der Waals surface area (Å²) < 4.78 is 10.6. The standard InChI is InChI=1S/C20H25N3O2/c1-20(2,22-9-8-21-14-22)13-25-18-5-3-4-16-10-17(12-24)23(19(16)18)11-15-6-7-15/h3-5,8-10,14-15,24H,6-7,11-13H2,1-2H3. The van der Waals surface area contributed by atoms with Gasteiger partial charge in [0.05, 0.1) is 24.0 Å². The number of aliphatic hydroxyl groups is 1. The molecule has 0 spiro atoms. The minimum Gasteiger partial charge on any atom is -0.489 e. The van der Waals surface area contributed by atoms with Crippen LogP contribution in [0.3, 0.4) is 0 Å². The molecule has 0 bridgehead atoms. The lowest BCUT2D eigenvalue weighted by Gasteiger charge is -2.26. The van der Waals surface area contributed by atoms with Crippen LogP contribution in [0.5, 0.6) is 5.75 Å². The number of hydrogen-bond donors (Lipinski definition) is 1. The molecule has 0 atom stereocenters. The maximum Gasteiger partial charge on any atom is 0.143 e. The maximum absolute atomic E-state index is 9.76. The van der Waals surface area contributed by atoms with Gasteiger partial charge in [-0.3, -0.25) is 0 Å². The Balaban J connectivity index is 1.66. The van der Waals surface area contributed by atoms with E-state index in [2.05, 4.69) is 40.1 Å². The van der Waals surface area contributed by atoms with Crippen LogP contribution in [0, 0.1) is 5.92 Å². The molecule has 3 aromatic rings. The largest absolute Gasteiger partial charge is 0.489 e. The molecule has 4 rings (SSSR count). The molecule has 25 heavy (non-hydrogen) atoms. The highest BCUT2D eigenvalue weighted by Gasteiger charge is 2.25. The first-order valence-corrected chi connectivity index (χ1v) is 8.92. The van der Waals surface area contributed by atoms with Crippen LogP contribution in [0.1, 0.15) is 32.4 Å². The molecular formula is C20H25N3O2. The van der Waals surface area contributed by atoms with Gasteiger partial charge in [-0.15, -0.1) is 0 Å². The predicted octanol–water partition coefficient (Wildman–Crippen LogP) is 3.55. The van der Waals surface area contributed by atoms with E-state index in [1.807, 2.05) is 24.7 Å². The molecule has 1 fully saturated rings. The third-order valence-electron chi connectivity index (χ3n) is 5.05. The highest BCUT2D eigenvalue weighted by atomic mass is 16.5. The molecule has 2 heterocycles.